The summed E-state index contributed by atoms with van der Waals surface area (Å²) in [4.78, 5) is 9.05. The molecule has 2 heterocycles. The average molecular weight is 205 g/mol. The topological polar surface area (TPSA) is 37.8 Å². The maximum atomic E-state index is 4.53. The molecule has 0 aromatic carbocycles. The largest absolute Gasteiger partial charge is 0.307 e. The second kappa shape index (κ2) is 4.71. The van der Waals surface area contributed by atoms with Gasteiger partial charge in [0.25, 0.3) is 0 Å². The van der Waals surface area contributed by atoms with Crippen molar-refractivity contribution in [1.29, 1.82) is 0 Å². The van der Waals surface area contributed by atoms with Crippen molar-refractivity contribution in [3.63, 3.8) is 0 Å². The second-order valence-corrected chi connectivity index (χ2v) is 4.36. The molecule has 1 fully saturated rings. The highest BCUT2D eigenvalue weighted by Crippen LogP contribution is 2.20. The van der Waals surface area contributed by atoms with Crippen molar-refractivity contribution in [3.05, 3.63) is 23.3 Å². The van der Waals surface area contributed by atoms with E-state index < -0.39 is 0 Å². The summed E-state index contributed by atoms with van der Waals surface area (Å²) >= 11 is 0. The lowest BCUT2D eigenvalue weighted by molar-refractivity contribution is 0.505. The fraction of sp³-hybridized carbons (Fsp3) is 0.667. The molecule has 0 aliphatic carbocycles. The van der Waals surface area contributed by atoms with Crippen LogP contribution in [0.3, 0.4) is 0 Å². The molecule has 0 spiro atoms. The second-order valence-electron chi connectivity index (χ2n) is 4.36. The molecule has 1 aromatic rings. The average Bonchev–Trinajstić information content (AvgIpc) is 2.43. The van der Waals surface area contributed by atoms with Crippen LogP contribution in [0.1, 0.15) is 48.9 Å². The highest BCUT2D eigenvalue weighted by Gasteiger charge is 2.16. The molecule has 3 heteroatoms. The molecule has 1 aliphatic heterocycles. The molecule has 1 aliphatic rings. The Labute approximate surface area is 91.3 Å². The van der Waals surface area contributed by atoms with Crippen molar-refractivity contribution in [3.8, 4) is 0 Å². The molecule has 15 heavy (non-hydrogen) atoms. The quantitative estimate of drug-likeness (QED) is 0.764. The Morgan fingerprint density at radius 3 is 2.60 bits per heavy atom. The number of aromatic nitrogens is 2. The molecule has 0 radical (unpaired) electrons. The maximum Gasteiger partial charge on any atom is 0.145 e. The maximum absolute atomic E-state index is 4.53. The van der Waals surface area contributed by atoms with E-state index in [9.17, 15) is 0 Å². The van der Waals surface area contributed by atoms with Gasteiger partial charge in [0.2, 0.25) is 0 Å². The highest BCUT2D eigenvalue weighted by molar-refractivity contribution is 5.10. The van der Waals surface area contributed by atoms with E-state index in [1.165, 1.54) is 25.7 Å². The summed E-state index contributed by atoms with van der Waals surface area (Å²) in [6.45, 7) is 5.17. The zero-order valence-electron chi connectivity index (χ0n) is 9.58. The van der Waals surface area contributed by atoms with Gasteiger partial charge in [0.1, 0.15) is 5.82 Å². The number of aryl methyl sites for hydroxylation is 2. The van der Waals surface area contributed by atoms with Gasteiger partial charge in [-0.3, -0.25) is 0 Å². The van der Waals surface area contributed by atoms with Crippen LogP contribution < -0.4 is 5.32 Å². The van der Waals surface area contributed by atoms with Crippen LogP contribution in [-0.4, -0.2) is 16.5 Å². The third-order valence-corrected chi connectivity index (χ3v) is 2.87. The Morgan fingerprint density at radius 1 is 1.13 bits per heavy atom. The highest BCUT2D eigenvalue weighted by atomic mass is 15.0. The van der Waals surface area contributed by atoms with E-state index in [1.807, 2.05) is 19.9 Å². The van der Waals surface area contributed by atoms with Crippen molar-refractivity contribution < 1.29 is 0 Å². The first-order valence-corrected chi connectivity index (χ1v) is 5.81. The van der Waals surface area contributed by atoms with Gasteiger partial charge in [0.05, 0.1) is 6.04 Å². The van der Waals surface area contributed by atoms with E-state index in [0.717, 1.165) is 23.8 Å². The fourth-order valence-electron chi connectivity index (χ4n) is 2.16. The normalized spacial score (nSPS) is 22.4. The molecule has 82 valence electrons. The lowest BCUT2D eigenvalue weighted by Gasteiger charge is -2.14. The van der Waals surface area contributed by atoms with Crippen molar-refractivity contribution >= 4 is 0 Å². The van der Waals surface area contributed by atoms with E-state index in [0.29, 0.717) is 6.04 Å². The van der Waals surface area contributed by atoms with Crippen LogP contribution in [0.4, 0.5) is 0 Å². The van der Waals surface area contributed by atoms with Gasteiger partial charge < -0.3 is 5.32 Å². The van der Waals surface area contributed by atoms with Crippen molar-refractivity contribution in [2.75, 3.05) is 6.54 Å². The van der Waals surface area contributed by atoms with Crippen molar-refractivity contribution in [2.24, 2.45) is 0 Å². The monoisotopic (exact) mass is 205 g/mol. The number of nitrogens with zero attached hydrogens (tertiary/aromatic N) is 2. The van der Waals surface area contributed by atoms with Crippen LogP contribution >= 0.6 is 0 Å². The zero-order chi connectivity index (χ0) is 10.7. The summed E-state index contributed by atoms with van der Waals surface area (Å²) in [7, 11) is 0. The molecule has 3 nitrogen and oxygen atoms in total. The summed E-state index contributed by atoms with van der Waals surface area (Å²) in [6, 6.07) is 2.39. The van der Waals surface area contributed by atoms with Crippen LogP contribution in [0.15, 0.2) is 6.07 Å². The Bertz CT molecular complexity index is 307. The molecule has 1 atom stereocenters. The van der Waals surface area contributed by atoms with Crippen LogP contribution in [0.2, 0.25) is 0 Å². The van der Waals surface area contributed by atoms with E-state index >= 15 is 0 Å². The Kier molecular flexibility index (Phi) is 3.31. The molecular weight excluding hydrogens is 186 g/mol. The first kappa shape index (κ1) is 10.6. The minimum Gasteiger partial charge on any atom is -0.307 e. The molecule has 1 aromatic heterocycles. The number of hydrogen-bond acceptors (Lipinski definition) is 3. The van der Waals surface area contributed by atoms with E-state index in [4.69, 9.17) is 0 Å². The van der Waals surface area contributed by atoms with Crippen LogP contribution in [0.25, 0.3) is 0 Å². The molecule has 1 unspecified atom stereocenters. The summed E-state index contributed by atoms with van der Waals surface area (Å²) in [6.07, 6.45) is 5.06. The summed E-state index contributed by atoms with van der Waals surface area (Å²) in [5.41, 5.74) is 2.15. The minimum absolute atomic E-state index is 0.367. The predicted octanol–water partition coefficient (Wildman–Crippen LogP) is 2.30. The third kappa shape index (κ3) is 2.75. The number of nitrogens with one attached hydrogen (secondary N) is 1. The Hall–Kier alpha value is -0.960. The SMILES string of the molecule is Cc1cc(C)nc(C2CCCCCN2)n1. The standard InChI is InChI=1S/C12H19N3/c1-9-8-10(2)15-12(14-9)11-6-4-3-5-7-13-11/h8,11,13H,3-7H2,1-2H3. The molecule has 0 saturated carbocycles. The number of hydrogen-bond donors (Lipinski definition) is 1. The molecule has 1 N–H and O–H groups in total. The molecular formula is C12H19N3. The first-order valence-electron chi connectivity index (χ1n) is 5.81. The lowest BCUT2D eigenvalue weighted by Crippen LogP contribution is -2.22. The van der Waals surface area contributed by atoms with E-state index in [-0.39, 0.29) is 0 Å². The zero-order valence-corrected chi connectivity index (χ0v) is 9.58. The van der Waals surface area contributed by atoms with E-state index in [2.05, 4.69) is 15.3 Å². The summed E-state index contributed by atoms with van der Waals surface area (Å²) in [5.74, 6) is 0.981. The minimum atomic E-state index is 0.367. The molecule has 0 amide bonds. The van der Waals surface area contributed by atoms with Gasteiger partial charge in [0, 0.05) is 11.4 Å². The predicted molar refractivity (Wildman–Crippen MR) is 60.7 cm³/mol. The van der Waals surface area contributed by atoms with Gasteiger partial charge in [-0.1, -0.05) is 12.8 Å². The Morgan fingerprint density at radius 2 is 1.87 bits per heavy atom. The van der Waals surface area contributed by atoms with E-state index in [1.54, 1.807) is 0 Å². The molecule has 1 saturated heterocycles. The van der Waals surface area contributed by atoms with Crippen molar-refractivity contribution in [2.45, 2.75) is 45.6 Å². The van der Waals surface area contributed by atoms with Crippen LogP contribution in [0, 0.1) is 13.8 Å². The smallest absolute Gasteiger partial charge is 0.145 e. The lowest BCUT2D eigenvalue weighted by atomic mass is 10.1. The van der Waals surface area contributed by atoms with Crippen LogP contribution in [0.5, 0.6) is 0 Å². The van der Waals surface area contributed by atoms with Crippen molar-refractivity contribution in [1.82, 2.24) is 15.3 Å². The molecule has 0 bridgehead atoms. The van der Waals surface area contributed by atoms with Gasteiger partial charge in [-0.25, -0.2) is 9.97 Å². The summed E-state index contributed by atoms with van der Waals surface area (Å²) in [5, 5.41) is 3.53. The van der Waals surface area contributed by atoms with Crippen LogP contribution in [-0.2, 0) is 0 Å². The fourth-order valence-corrected chi connectivity index (χ4v) is 2.16. The van der Waals surface area contributed by atoms with Gasteiger partial charge in [-0.05, 0) is 39.3 Å². The van der Waals surface area contributed by atoms with Gasteiger partial charge >= 0.3 is 0 Å². The van der Waals surface area contributed by atoms with Gasteiger partial charge in [-0.2, -0.15) is 0 Å². The third-order valence-electron chi connectivity index (χ3n) is 2.87. The summed E-state index contributed by atoms with van der Waals surface area (Å²) < 4.78 is 0. The van der Waals surface area contributed by atoms with Gasteiger partial charge in [-0.15, -0.1) is 0 Å². The van der Waals surface area contributed by atoms with Gasteiger partial charge in [0.15, 0.2) is 0 Å². The number of rotatable bonds is 1. The molecule has 2 rings (SSSR count). The first-order chi connectivity index (χ1) is 7.25. The Balaban J connectivity index is 2.19.